The van der Waals surface area contributed by atoms with Gasteiger partial charge in [0.05, 0.1) is 31.3 Å². The summed E-state index contributed by atoms with van der Waals surface area (Å²) in [6.45, 7) is 2.57. The van der Waals surface area contributed by atoms with Crippen molar-refractivity contribution in [3.8, 4) is 0 Å². The molecular weight excluding hydrogens is 336 g/mol. The van der Waals surface area contributed by atoms with Gasteiger partial charge in [0.25, 0.3) is 0 Å². The summed E-state index contributed by atoms with van der Waals surface area (Å²) in [6.07, 6.45) is 6.76. The Bertz CT molecular complexity index is 754. The van der Waals surface area contributed by atoms with Gasteiger partial charge in [0.2, 0.25) is 0 Å². The normalized spacial score (nSPS) is 44.5. The van der Waals surface area contributed by atoms with E-state index in [4.69, 9.17) is 13.9 Å². The topological polar surface area (TPSA) is 89.1 Å². The van der Waals surface area contributed by atoms with Crippen molar-refractivity contribution in [3.05, 3.63) is 35.8 Å². The van der Waals surface area contributed by atoms with Crippen molar-refractivity contribution in [1.29, 1.82) is 0 Å². The summed E-state index contributed by atoms with van der Waals surface area (Å²) >= 11 is 0. The van der Waals surface area contributed by atoms with Gasteiger partial charge in [0.15, 0.2) is 6.29 Å². The first-order chi connectivity index (χ1) is 12.5. The maximum atomic E-state index is 12.0. The number of ether oxygens (including phenoxy) is 2. The molecule has 7 atom stereocenters. The second-order valence-electron chi connectivity index (χ2n) is 8.41. The number of hydrogen-bond donors (Lipinski definition) is 2. The van der Waals surface area contributed by atoms with E-state index in [2.05, 4.69) is 6.92 Å². The maximum Gasteiger partial charge on any atom is 0.331 e. The van der Waals surface area contributed by atoms with Gasteiger partial charge in [-0.25, -0.2) is 4.79 Å². The van der Waals surface area contributed by atoms with Crippen LogP contribution in [0.25, 0.3) is 0 Å². The zero-order chi connectivity index (χ0) is 18.1. The number of carboxylic acids is 1. The van der Waals surface area contributed by atoms with E-state index in [-0.39, 0.29) is 29.6 Å². The number of rotatable bonds is 4. The first-order valence-corrected chi connectivity index (χ1v) is 9.40. The Labute approximate surface area is 151 Å². The van der Waals surface area contributed by atoms with Crippen LogP contribution in [0.15, 0.2) is 34.7 Å². The van der Waals surface area contributed by atoms with Crippen molar-refractivity contribution in [1.82, 2.24) is 0 Å². The van der Waals surface area contributed by atoms with Crippen molar-refractivity contribution >= 4 is 5.97 Å². The number of furan rings is 1. The third-order valence-electron chi connectivity index (χ3n) is 7.56. The molecule has 7 unspecified atom stereocenters. The molecular formula is C20H24O6. The molecule has 6 heteroatoms. The molecule has 6 nitrogen and oxygen atoms in total. The number of allylic oxidation sites excluding steroid dienone is 1. The highest BCUT2D eigenvalue weighted by Crippen LogP contribution is 2.71. The molecule has 0 amide bonds. The highest BCUT2D eigenvalue weighted by Gasteiger charge is 2.73. The van der Waals surface area contributed by atoms with Crippen LogP contribution in [0.2, 0.25) is 0 Å². The number of fused-ring (bicyclic) bond motifs is 1. The average Bonchev–Trinajstić information content (AvgIpc) is 3.15. The van der Waals surface area contributed by atoms with Crippen LogP contribution in [0.4, 0.5) is 0 Å². The van der Waals surface area contributed by atoms with Gasteiger partial charge < -0.3 is 24.1 Å². The molecule has 1 aromatic rings. The van der Waals surface area contributed by atoms with E-state index in [0.29, 0.717) is 25.0 Å². The van der Waals surface area contributed by atoms with E-state index < -0.39 is 17.5 Å². The monoisotopic (exact) mass is 360 g/mol. The van der Waals surface area contributed by atoms with Crippen LogP contribution >= 0.6 is 0 Å². The Kier molecular flexibility index (Phi) is 3.46. The Hall–Kier alpha value is -1.63. The van der Waals surface area contributed by atoms with E-state index in [1.54, 1.807) is 18.6 Å². The molecule has 1 saturated carbocycles. The van der Waals surface area contributed by atoms with E-state index >= 15 is 0 Å². The average molecular weight is 360 g/mol. The lowest BCUT2D eigenvalue weighted by Crippen LogP contribution is -2.62. The molecule has 3 bridgehead atoms. The van der Waals surface area contributed by atoms with Gasteiger partial charge in [0.1, 0.15) is 0 Å². The van der Waals surface area contributed by atoms with Gasteiger partial charge in [-0.05, 0) is 43.6 Å². The quantitative estimate of drug-likeness (QED) is 0.858. The van der Waals surface area contributed by atoms with Crippen LogP contribution in [0.3, 0.4) is 0 Å². The Morgan fingerprint density at radius 1 is 1.46 bits per heavy atom. The number of carbonyl (C=O) groups is 1. The minimum Gasteiger partial charge on any atom is -0.478 e. The van der Waals surface area contributed by atoms with Crippen molar-refractivity contribution in [2.24, 2.45) is 22.7 Å². The molecule has 2 saturated heterocycles. The number of carboxylic acid groups (broad SMARTS) is 1. The van der Waals surface area contributed by atoms with Crippen LogP contribution in [0, 0.1) is 22.7 Å². The molecule has 5 rings (SSSR count). The van der Waals surface area contributed by atoms with E-state index in [1.165, 1.54) is 0 Å². The maximum absolute atomic E-state index is 12.0. The van der Waals surface area contributed by atoms with Gasteiger partial charge in [-0.1, -0.05) is 13.0 Å². The fourth-order valence-electron chi connectivity index (χ4n) is 6.42. The first kappa shape index (κ1) is 16.5. The first-order valence-electron chi connectivity index (χ1n) is 9.40. The van der Waals surface area contributed by atoms with Crippen LogP contribution in [-0.2, 0) is 14.3 Å². The molecule has 2 N–H and O–H groups in total. The van der Waals surface area contributed by atoms with Crippen molar-refractivity contribution < 1.29 is 28.9 Å². The van der Waals surface area contributed by atoms with Gasteiger partial charge >= 0.3 is 5.97 Å². The fourth-order valence-corrected chi connectivity index (χ4v) is 6.42. The number of hydrogen-bond acceptors (Lipinski definition) is 5. The van der Waals surface area contributed by atoms with Crippen molar-refractivity contribution in [3.63, 3.8) is 0 Å². The Morgan fingerprint density at radius 2 is 2.31 bits per heavy atom. The summed E-state index contributed by atoms with van der Waals surface area (Å²) in [6, 6.07) is 1.78. The minimum absolute atomic E-state index is 0.0313. The molecule has 1 aromatic heterocycles. The van der Waals surface area contributed by atoms with Gasteiger partial charge in [-0.15, -0.1) is 0 Å². The molecule has 140 valence electrons. The van der Waals surface area contributed by atoms with Crippen LogP contribution in [0.1, 0.15) is 44.3 Å². The molecule has 0 spiro atoms. The molecule has 4 aliphatic rings. The molecule has 0 radical (unpaired) electrons. The summed E-state index contributed by atoms with van der Waals surface area (Å²) in [7, 11) is 0. The summed E-state index contributed by atoms with van der Waals surface area (Å²) in [4.78, 5) is 12.0. The van der Waals surface area contributed by atoms with Crippen LogP contribution in [0.5, 0.6) is 0 Å². The summed E-state index contributed by atoms with van der Waals surface area (Å²) < 4.78 is 17.5. The fraction of sp³-hybridized carbons (Fsp3) is 0.650. The third kappa shape index (κ3) is 1.90. The smallest absolute Gasteiger partial charge is 0.331 e. The second kappa shape index (κ2) is 5.44. The van der Waals surface area contributed by atoms with Gasteiger partial charge in [-0.3, -0.25) is 0 Å². The van der Waals surface area contributed by atoms with Crippen molar-refractivity contribution in [2.75, 3.05) is 6.61 Å². The largest absolute Gasteiger partial charge is 0.478 e. The summed E-state index contributed by atoms with van der Waals surface area (Å²) in [5.41, 5.74) is 0.337. The molecule has 0 aromatic carbocycles. The Balaban J connectivity index is 1.60. The molecule has 2 aliphatic carbocycles. The number of aliphatic carboxylic acids is 1. The predicted molar refractivity (Wildman–Crippen MR) is 90.0 cm³/mol. The highest BCUT2D eigenvalue weighted by atomic mass is 16.7. The van der Waals surface area contributed by atoms with Crippen molar-refractivity contribution in [2.45, 2.75) is 51.1 Å². The summed E-state index contributed by atoms with van der Waals surface area (Å²) in [5.74, 6) is -0.503. The zero-order valence-corrected chi connectivity index (χ0v) is 14.8. The Morgan fingerprint density at radius 3 is 3.04 bits per heavy atom. The van der Waals surface area contributed by atoms with E-state index in [9.17, 15) is 15.0 Å². The highest BCUT2D eigenvalue weighted by molar-refractivity contribution is 5.88. The van der Waals surface area contributed by atoms with E-state index in [0.717, 1.165) is 18.4 Å². The third-order valence-corrected chi connectivity index (χ3v) is 7.56. The predicted octanol–water partition coefficient (Wildman–Crippen LogP) is 2.89. The van der Waals surface area contributed by atoms with Crippen LogP contribution in [-0.4, -0.2) is 35.2 Å². The standard InChI is InChI=1S/C20H24O6/c1-11-15-8-19-10-25-18(26-15)20(11,7-14(21)12-5-6-24-9-12)16(19)4-2-3-13(19)17(22)23/h3,5-6,9,11,14-16,18,21H,2,4,7-8,10H2,1H3,(H,22,23). The molecule has 26 heavy (non-hydrogen) atoms. The number of aliphatic hydroxyl groups is 1. The second-order valence-corrected chi connectivity index (χ2v) is 8.41. The van der Waals surface area contributed by atoms with Gasteiger partial charge in [-0.2, -0.15) is 0 Å². The van der Waals surface area contributed by atoms with Crippen LogP contribution < -0.4 is 0 Å². The number of aliphatic hydroxyl groups excluding tert-OH is 1. The summed E-state index contributed by atoms with van der Waals surface area (Å²) in [5, 5.41) is 20.7. The molecule has 3 heterocycles. The minimum atomic E-state index is -0.851. The lowest BCUT2D eigenvalue weighted by Gasteiger charge is -2.60. The molecule has 2 aliphatic heterocycles. The van der Waals surface area contributed by atoms with E-state index in [1.807, 2.05) is 6.08 Å². The zero-order valence-electron chi connectivity index (χ0n) is 14.8. The molecule has 3 fully saturated rings. The SMILES string of the molecule is CC1C2CC34COC(O2)C1(CC(O)c1ccoc1)C3CCC=C4C(=O)O. The van der Waals surface area contributed by atoms with Gasteiger partial charge in [0, 0.05) is 22.0 Å². The lowest BCUT2D eigenvalue weighted by atomic mass is 9.44. The lowest BCUT2D eigenvalue weighted by molar-refractivity contribution is -0.246.